The van der Waals surface area contributed by atoms with Crippen molar-refractivity contribution in [2.75, 3.05) is 4.90 Å². The first-order valence-electron chi connectivity index (χ1n) is 8.80. The number of benzene rings is 2. The number of anilines is 1. The lowest BCUT2D eigenvalue weighted by atomic mass is 9.96. The van der Waals surface area contributed by atoms with Crippen molar-refractivity contribution in [3.63, 3.8) is 0 Å². The Morgan fingerprint density at radius 2 is 1.87 bits per heavy atom. The van der Waals surface area contributed by atoms with Gasteiger partial charge in [-0.25, -0.2) is 8.78 Å². The zero-order valence-corrected chi connectivity index (χ0v) is 16.0. The Morgan fingerprint density at radius 3 is 2.57 bits per heavy atom. The monoisotopic (exact) mass is 426 g/mol. The first-order chi connectivity index (χ1) is 14.4. The fourth-order valence-electron chi connectivity index (χ4n) is 3.40. The highest BCUT2D eigenvalue weighted by molar-refractivity contribution is 6.51. The van der Waals surface area contributed by atoms with Crippen LogP contribution in [0.3, 0.4) is 0 Å². The Morgan fingerprint density at radius 1 is 1.07 bits per heavy atom. The van der Waals surface area contributed by atoms with E-state index >= 15 is 0 Å². The normalized spacial score (nSPS) is 18.1. The van der Waals surface area contributed by atoms with Gasteiger partial charge in [-0.3, -0.25) is 19.5 Å². The number of carbonyl (C=O) groups is 2. The van der Waals surface area contributed by atoms with Crippen LogP contribution in [0, 0.1) is 11.6 Å². The number of pyridine rings is 1. The van der Waals surface area contributed by atoms with E-state index < -0.39 is 40.8 Å². The molecule has 0 bridgehead atoms. The molecule has 1 fully saturated rings. The molecule has 0 radical (unpaired) electrons. The van der Waals surface area contributed by atoms with Gasteiger partial charge in [0.1, 0.15) is 17.4 Å². The predicted molar refractivity (Wildman–Crippen MR) is 107 cm³/mol. The van der Waals surface area contributed by atoms with Crippen LogP contribution in [0.15, 0.2) is 72.6 Å². The van der Waals surface area contributed by atoms with Crippen LogP contribution in [-0.2, 0) is 9.59 Å². The summed E-state index contributed by atoms with van der Waals surface area (Å²) in [4.78, 5) is 30.6. The van der Waals surface area contributed by atoms with Crippen molar-refractivity contribution in [3.8, 4) is 0 Å². The summed E-state index contributed by atoms with van der Waals surface area (Å²) in [6.45, 7) is 0. The van der Waals surface area contributed by atoms with Crippen LogP contribution in [0.1, 0.15) is 17.2 Å². The fourth-order valence-corrected chi connectivity index (χ4v) is 3.59. The number of Topliss-reactive ketones (excluding diaryl/α,β-unsaturated/α-hetero) is 1. The molecule has 0 aliphatic carbocycles. The molecule has 1 amide bonds. The van der Waals surface area contributed by atoms with Gasteiger partial charge < -0.3 is 5.11 Å². The number of nitrogens with zero attached hydrogens (tertiary/aromatic N) is 2. The number of hydrogen-bond donors (Lipinski definition) is 1. The average Bonchev–Trinajstić information content (AvgIpc) is 3.00. The largest absolute Gasteiger partial charge is 0.507 e. The van der Waals surface area contributed by atoms with E-state index in [0.717, 1.165) is 23.1 Å². The summed E-state index contributed by atoms with van der Waals surface area (Å²) < 4.78 is 28.4. The summed E-state index contributed by atoms with van der Waals surface area (Å²) in [5.74, 6) is -4.30. The number of aromatic nitrogens is 1. The molecule has 150 valence electrons. The standard InChI is InChI=1S/C22H13ClF2N2O3/c23-14-5-1-3-12(9-14)20(28)18-19(13-4-2-8-26-11-13)27(22(30)21(18)29)17-10-15(24)6-7-16(17)25/h1-11,19,28H/b20-18+. The molecule has 1 saturated heterocycles. The molecule has 1 aliphatic rings. The minimum atomic E-state index is -1.21. The van der Waals surface area contributed by atoms with Crippen molar-refractivity contribution in [3.05, 3.63) is 100 Å². The topological polar surface area (TPSA) is 70.5 Å². The zero-order chi connectivity index (χ0) is 21.4. The van der Waals surface area contributed by atoms with Gasteiger partial charge in [0.2, 0.25) is 0 Å². The Bertz CT molecular complexity index is 1200. The molecule has 8 heteroatoms. The van der Waals surface area contributed by atoms with E-state index in [1.807, 2.05) is 0 Å². The molecule has 1 aliphatic heterocycles. The summed E-state index contributed by atoms with van der Waals surface area (Å²) in [6, 6.07) is 10.6. The molecule has 4 rings (SSSR count). The van der Waals surface area contributed by atoms with Gasteiger partial charge in [0.05, 0.1) is 17.3 Å². The molecule has 5 nitrogen and oxygen atoms in total. The van der Waals surface area contributed by atoms with E-state index in [2.05, 4.69) is 4.98 Å². The van der Waals surface area contributed by atoms with E-state index in [1.165, 1.54) is 24.5 Å². The number of hydrogen-bond acceptors (Lipinski definition) is 4. The molecule has 3 aromatic rings. The molecule has 0 saturated carbocycles. The van der Waals surface area contributed by atoms with Crippen LogP contribution >= 0.6 is 11.6 Å². The van der Waals surface area contributed by atoms with Gasteiger partial charge in [0.25, 0.3) is 11.7 Å². The van der Waals surface area contributed by atoms with Gasteiger partial charge in [-0.05, 0) is 35.9 Å². The van der Waals surface area contributed by atoms with Crippen molar-refractivity contribution in [2.24, 2.45) is 0 Å². The van der Waals surface area contributed by atoms with Crippen molar-refractivity contribution >= 4 is 34.7 Å². The molecule has 30 heavy (non-hydrogen) atoms. The number of amides is 1. The minimum absolute atomic E-state index is 0.203. The summed E-state index contributed by atoms with van der Waals surface area (Å²) in [6.07, 6.45) is 2.86. The Hall–Kier alpha value is -3.58. The van der Waals surface area contributed by atoms with Crippen LogP contribution in [-0.4, -0.2) is 21.8 Å². The molecular formula is C22H13ClF2N2O3. The third-order valence-electron chi connectivity index (χ3n) is 4.71. The van der Waals surface area contributed by atoms with Crippen molar-refractivity contribution in [1.82, 2.24) is 4.98 Å². The van der Waals surface area contributed by atoms with E-state index in [-0.39, 0.29) is 11.1 Å². The van der Waals surface area contributed by atoms with Crippen molar-refractivity contribution in [1.29, 1.82) is 0 Å². The van der Waals surface area contributed by atoms with Crippen molar-refractivity contribution < 1.29 is 23.5 Å². The quantitative estimate of drug-likeness (QED) is 0.376. The lowest BCUT2D eigenvalue weighted by Crippen LogP contribution is -2.30. The second-order valence-corrected chi connectivity index (χ2v) is 7.00. The van der Waals surface area contributed by atoms with Gasteiger partial charge in [0.15, 0.2) is 0 Å². The molecule has 1 unspecified atom stereocenters. The van der Waals surface area contributed by atoms with Crippen LogP contribution in [0.25, 0.3) is 5.76 Å². The SMILES string of the molecule is O=C1C(=O)N(c2cc(F)ccc2F)C(c2cccnc2)/C1=C(\O)c1cccc(Cl)c1. The third kappa shape index (κ3) is 3.33. The smallest absolute Gasteiger partial charge is 0.300 e. The number of aliphatic hydroxyl groups is 1. The number of aliphatic hydroxyl groups excluding tert-OH is 1. The fraction of sp³-hybridized carbons (Fsp3) is 0.0455. The van der Waals surface area contributed by atoms with Crippen LogP contribution in [0.4, 0.5) is 14.5 Å². The summed E-state index contributed by atoms with van der Waals surface area (Å²) in [5, 5.41) is 11.2. The molecule has 1 N–H and O–H groups in total. The highest BCUT2D eigenvalue weighted by atomic mass is 35.5. The van der Waals surface area contributed by atoms with Gasteiger partial charge in [0, 0.05) is 29.0 Å². The Labute approximate surface area is 174 Å². The van der Waals surface area contributed by atoms with Crippen LogP contribution < -0.4 is 4.90 Å². The highest BCUT2D eigenvalue weighted by Gasteiger charge is 2.48. The first-order valence-corrected chi connectivity index (χ1v) is 9.18. The molecule has 1 aromatic heterocycles. The van der Waals surface area contributed by atoms with Gasteiger partial charge in [-0.15, -0.1) is 0 Å². The maximum Gasteiger partial charge on any atom is 0.300 e. The van der Waals surface area contributed by atoms with E-state index in [9.17, 15) is 23.5 Å². The highest BCUT2D eigenvalue weighted by Crippen LogP contribution is 2.42. The second-order valence-electron chi connectivity index (χ2n) is 6.56. The maximum atomic E-state index is 14.5. The number of ketones is 1. The Balaban J connectivity index is 1.99. The predicted octanol–water partition coefficient (Wildman–Crippen LogP) is 4.64. The van der Waals surface area contributed by atoms with E-state index in [1.54, 1.807) is 24.3 Å². The molecule has 0 spiro atoms. The van der Waals surface area contributed by atoms with Gasteiger partial charge in [-0.1, -0.05) is 29.8 Å². The summed E-state index contributed by atoms with van der Waals surface area (Å²) in [5.41, 5.74) is -0.159. The molecule has 2 aromatic carbocycles. The van der Waals surface area contributed by atoms with Crippen molar-refractivity contribution in [2.45, 2.75) is 6.04 Å². The zero-order valence-electron chi connectivity index (χ0n) is 15.2. The summed E-state index contributed by atoms with van der Waals surface area (Å²) >= 11 is 5.98. The van der Waals surface area contributed by atoms with Gasteiger partial charge in [-0.2, -0.15) is 0 Å². The third-order valence-corrected chi connectivity index (χ3v) is 4.95. The number of halogens is 3. The first kappa shape index (κ1) is 19.7. The molecular weight excluding hydrogens is 414 g/mol. The van der Waals surface area contributed by atoms with E-state index in [4.69, 9.17) is 11.6 Å². The maximum absolute atomic E-state index is 14.5. The van der Waals surface area contributed by atoms with Gasteiger partial charge >= 0.3 is 0 Å². The summed E-state index contributed by atoms with van der Waals surface area (Å²) in [7, 11) is 0. The molecule has 1 atom stereocenters. The molecule has 2 heterocycles. The average molecular weight is 427 g/mol. The van der Waals surface area contributed by atoms with Crippen LogP contribution in [0.2, 0.25) is 5.02 Å². The lowest BCUT2D eigenvalue weighted by molar-refractivity contribution is -0.132. The minimum Gasteiger partial charge on any atom is -0.507 e. The second kappa shape index (κ2) is 7.68. The Kier molecular flexibility index (Phi) is 5.05. The van der Waals surface area contributed by atoms with Crippen LogP contribution in [0.5, 0.6) is 0 Å². The van der Waals surface area contributed by atoms with E-state index in [0.29, 0.717) is 10.6 Å². The number of rotatable bonds is 3. The number of carbonyl (C=O) groups excluding carboxylic acids is 2. The lowest BCUT2D eigenvalue weighted by Gasteiger charge is -2.25.